The molecule has 5 nitrogen and oxygen atoms in total. The fraction of sp³-hybridized carbons (Fsp3) is 0.619. The molecule has 2 atom stereocenters. The molecule has 1 aliphatic carbocycles. The van der Waals surface area contributed by atoms with E-state index in [4.69, 9.17) is 0 Å². The Hall–Kier alpha value is -1.88. The van der Waals surface area contributed by atoms with Crippen molar-refractivity contribution < 1.29 is 9.59 Å². The third-order valence-electron chi connectivity index (χ3n) is 6.28. The number of benzene rings is 1. The molecule has 2 heterocycles. The van der Waals surface area contributed by atoms with Gasteiger partial charge in [0.2, 0.25) is 11.8 Å². The molecule has 2 aliphatic heterocycles. The molecule has 5 heteroatoms. The standard InChI is InChI=1S/C21H29N3O2/c25-20(15-23-13-11-16-4-1-2-5-17(16)14-23)22-18-7-9-19(10-8-18)24-12-3-6-21(24)26/h7-10,16-17H,1-6,11-15H2,(H,22,25)/t16-,17+/m0/s1. The number of hydrogen-bond acceptors (Lipinski definition) is 3. The van der Waals surface area contributed by atoms with Crippen molar-refractivity contribution in [3.05, 3.63) is 24.3 Å². The molecule has 1 aromatic rings. The number of amides is 2. The first-order valence-electron chi connectivity index (χ1n) is 10.1. The van der Waals surface area contributed by atoms with Crippen molar-refractivity contribution in [2.24, 2.45) is 11.8 Å². The topological polar surface area (TPSA) is 52.7 Å². The Morgan fingerprint density at radius 2 is 1.77 bits per heavy atom. The molecule has 1 N–H and O–H groups in total. The van der Waals surface area contributed by atoms with Crippen molar-refractivity contribution in [2.75, 3.05) is 36.4 Å². The van der Waals surface area contributed by atoms with Crippen molar-refractivity contribution in [3.63, 3.8) is 0 Å². The Bertz CT molecular complexity index is 658. The van der Waals surface area contributed by atoms with Crippen LogP contribution in [0, 0.1) is 11.8 Å². The number of nitrogens with one attached hydrogen (secondary N) is 1. The maximum absolute atomic E-state index is 12.4. The molecule has 26 heavy (non-hydrogen) atoms. The van der Waals surface area contributed by atoms with E-state index < -0.39 is 0 Å². The smallest absolute Gasteiger partial charge is 0.238 e. The minimum Gasteiger partial charge on any atom is -0.325 e. The fourth-order valence-corrected chi connectivity index (χ4v) is 4.87. The average Bonchev–Trinajstić information content (AvgIpc) is 3.08. The van der Waals surface area contributed by atoms with E-state index in [0.717, 1.165) is 49.3 Å². The Morgan fingerprint density at radius 1 is 1.00 bits per heavy atom. The summed E-state index contributed by atoms with van der Waals surface area (Å²) in [6.45, 7) is 3.40. The number of piperidine rings is 1. The fourth-order valence-electron chi connectivity index (χ4n) is 4.87. The highest BCUT2D eigenvalue weighted by Gasteiger charge is 2.31. The SMILES string of the molecule is O=C(CN1CC[C@@H]2CCCC[C@@H]2C1)Nc1ccc(N2CCCC2=O)cc1. The van der Waals surface area contributed by atoms with E-state index in [-0.39, 0.29) is 11.8 Å². The van der Waals surface area contributed by atoms with Crippen molar-refractivity contribution in [2.45, 2.75) is 44.9 Å². The Balaban J connectivity index is 1.28. The van der Waals surface area contributed by atoms with Gasteiger partial charge in [0.1, 0.15) is 0 Å². The van der Waals surface area contributed by atoms with Crippen LogP contribution < -0.4 is 10.2 Å². The van der Waals surface area contributed by atoms with Crippen LogP contribution in [-0.4, -0.2) is 42.9 Å². The Morgan fingerprint density at radius 3 is 2.50 bits per heavy atom. The molecule has 4 rings (SSSR count). The van der Waals surface area contributed by atoms with Crippen molar-refractivity contribution in [3.8, 4) is 0 Å². The summed E-state index contributed by atoms with van der Waals surface area (Å²) in [5, 5.41) is 3.01. The zero-order chi connectivity index (χ0) is 17.9. The second-order valence-electron chi connectivity index (χ2n) is 8.07. The molecular weight excluding hydrogens is 326 g/mol. The van der Waals surface area contributed by atoms with Crippen LogP contribution in [0.4, 0.5) is 11.4 Å². The lowest BCUT2D eigenvalue weighted by Gasteiger charge is -2.41. The van der Waals surface area contributed by atoms with Crippen molar-refractivity contribution in [1.29, 1.82) is 0 Å². The summed E-state index contributed by atoms with van der Waals surface area (Å²) in [6, 6.07) is 7.64. The summed E-state index contributed by atoms with van der Waals surface area (Å²) in [4.78, 5) is 28.4. The molecule has 0 aromatic heterocycles. The lowest BCUT2D eigenvalue weighted by Crippen LogP contribution is -2.44. The normalized spacial score (nSPS) is 26.6. The summed E-state index contributed by atoms with van der Waals surface area (Å²) in [7, 11) is 0. The Kier molecular flexibility index (Phi) is 5.25. The maximum atomic E-state index is 12.4. The van der Waals surface area contributed by atoms with E-state index in [9.17, 15) is 9.59 Å². The molecule has 3 aliphatic rings. The first kappa shape index (κ1) is 17.5. The van der Waals surface area contributed by atoms with Gasteiger partial charge in [-0.25, -0.2) is 0 Å². The molecule has 140 valence electrons. The molecular formula is C21H29N3O2. The average molecular weight is 355 g/mol. The number of carbonyl (C=O) groups is 2. The van der Waals surface area contributed by atoms with Crippen LogP contribution in [0.1, 0.15) is 44.9 Å². The molecule has 0 radical (unpaired) electrons. The van der Waals surface area contributed by atoms with Gasteiger partial charge in [-0.2, -0.15) is 0 Å². The van der Waals surface area contributed by atoms with E-state index >= 15 is 0 Å². The summed E-state index contributed by atoms with van der Waals surface area (Å²) in [5.74, 6) is 1.93. The van der Waals surface area contributed by atoms with Gasteiger partial charge in [-0.3, -0.25) is 14.5 Å². The summed E-state index contributed by atoms with van der Waals surface area (Å²) >= 11 is 0. The zero-order valence-electron chi connectivity index (χ0n) is 15.5. The van der Waals surface area contributed by atoms with Gasteiger partial charge in [-0.05, 0) is 61.9 Å². The highest BCUT2D eigenvalue weighted by Crippen LogP contribution is 2.35. The van der Waals surface area contributed by atoms with E-state index in [1.165, 1.54) is 32.1 Å². The van der Waals surface area contributed by atoms with Crippen LogP contribution in [0.3, 0.4) is 0 Å². The minimum atomic E-state index is 0.0595. The highest BCUT2D eigenvalue weighted by atomic mass is 16.2. The van der Waals surface area contributed by atoms with Crippen LogP contribution >= 0.6 is 0 Å². The van der Waals surface area contributed by atoms with Gasteiger partial charge < -0.3 is 10.2 Å². The summed E-state index contributed by atoms with van der Waals surface area (Å²) in [5.41, 5.74) is 1.72. The number of nitrogens with zero attached hydrogens (tertiary/aromatic N) is 2. The van der Waals surface area contributed by atoms with Crippen LogP contribution in [0.15, 0.2) is 24.3 Å². The summed E-state index contributed by atoms with van der Waals surface area (Å²) in [6.07, 6.45) is 8.27. The highest BCUT2D eigenvalue weighted by molar-refractivity contribution is 5.96. The van der Waals surface area contributed by atoms with Gasteiger partial charge in [0, 0.05) is 30.9 Å². The van der Waals surface area contributed by atoms with Gasteiger partial charge in [0.25, 0.3) is 0 Å². The monoisotopic (exact) mass is 355 g/mol. The van der Waals surface area contributed by atoms with E-state index in [1.807, 2.05) is 29.2 Å². The number of hydrogen-bond donors (Lipinski definition) is 1. The van der Waals surface area contributed by atoms with Gasteiger partial charge >= 0.3 is 0 Å². The third-order valence-corrected chi connectivity index (χ3v) is 6.28. The lowest BCUT2D eigenvalue weighted by atomic mass is 9.75. The lowest BCUT2D eigenvalue weighted by molar-refractivity contribution is -0.118. The molecule has 1 saturated carbocycles. The van der Waals surface area contributed by atoms with Gasteiger partial charge in [0.05, 0.1) is 6.54 Å². The van der Waals surface area contributed by atoms with Crippen molar-refractivity contribution >= 4 is 23.2 Å². The van der Waals surface area contributed by atoms with Crippen LogP contribution in [0.2, 0.25) is 0 Å². The number of carbonyl (C=O) groups excluding carboxylic acids is 2. The number of fused-ring (bicyclic) bond motifs is 1. The molecule has 0 bridgehead atoms. The minimum absolute atomic E-state index is 0.0595. The third kappa shape index (κ3) is 3.93. The molecule has 3 fully saturated rings. The summed E-state index contributed by atoms with van der Waals surface area (Å²) < 4.78 is 0. The number of rotatable bonds is 4. The second-order valence-corrected chi connectivity index (χ2v) is 8.07. The predicted molar refractivity (Wildman–Crippen MR) is 103 cm³/mol. The van der Waals surface area contributed by atoms with E-state index in [2.05, 4.69) is 10.2 Å². The van der Waals surface area contributed by atoms with Crippen LogP contribution in [-0.2, 0) is 9.59 Å². The number of likely N-dealkylation sites (tertiary alicyclic amines) is 1. The van der Waals surface area contributed by atoms with E-state index in [0.29, 0.717) is 13.0 Å². The van der Waals surface area contributed by atoms with Gasteiger partial charge in [-0.15, -0.1) is 0 Å². The van der Waals surface area contributed by atoms with Crippen molar-refractivity contribution in [1.82, 2.24) is 4.90 Å². The van der Waals surface area contributed by atoms with Gasteiger partial charge in [-0.1, -0.05) is 19.3 Å². The quantitative estimate of drug-likeness (QED) is 0.902. The van der Waals surface area contributed by atoms with Gasteiger partial charge in [0.15, 0.2) is 0 Å². The Labute approximate surface area is 155 Å². The second kappa shape index (κ2) is 7.78. The number of anilines is 2. The zero-order valence-corrected chi connectivity index (χ0v) is 15.5. The molecule has 2 amide bonds. The molecule has 0 unspecified atom stereocenters. The first-order chi connectivity index (χ1) is 12.7. The molecule has 0 spiro atoms. The molecule has 1 aromatic carbocycles. The van der Waals surface area contributed by atoms with Crippen LogP contribution in [0.25, 0.3) is 0 Å². The largest absolute Gasteiger partial charge is 0.325 e. The maximum Gasteiger partial charge on any atom is 0.238 e. The van der Waals surface area contributed by atoms with E-state index in [1.54, 1.807) is 0 Å². The first-order valence-corrected chi connectivity index (χ1v) is 10.1. The predicted octanol–water partition coefficient (Wildman–Crippen LogP) is 3.26. The van der Waals surface area contributed by atoms with Crippen LogP contribution in [0.5, 0.6) is 0 Å². The molecule has 2 saturated heterocycles.